The summed E-state index contributed by atoms with van der Waals surface area (Å²) in [7, 11) is 0. The van der Waals surface area contributed by atoms with Gasteiger partial charge in [-0.3, -0.25) is 9.59 Å². The number of amides is 2. The summed E-state index contributed by atoms with van der Waals surface area (Å²) in [6.07, 6.45) is -10.0. The zero-order valence-corrected chi connectivity index (χ0v) is 24.3. The molecule has 2 aliphatic rings. The number of nitrogens with one attached hydrogen (secondary N) is 4. The van der Waals surface area contributed by atoms with Gasteiger partial charge in [0.1, 0.15) is 11.0 Å². The lowest BCUT2D eigenvalue weighted by atomic mass is 9.87. The molecule has 9 nitrogen and oxygen atoms in total. The third-order valence-electron chi connectivity index (χ3n) is 8.20. The molecule has 4 N–H and O–H groups in total. The van der Waals surface area contributed by atoms with Crippen molar-refractivity contribution < 1.29 is 49.4 Å². The van der Waals surface area contributed by atoms with E-state index < -0.39 is 66.3 Å². The predicted molar refractivity (Wildman–Crippen MR) is 149 cm³/mol. The van der Waals surface area contributed by atoms with Gasteiger partial charge < -0.3 is 25.7 Å². The van der Waals surface area contributed by atoms with E-state index in [1.54, 1.807) is 0 Å². The van der Waals surface area contributed by atoms with Crippen molar-refractivity contribution in [2.24, 2.45) is 11.3 Å². The van der Waals surface area contributed by atoms with Gasteiger partial charge in [0.25, 0.3) is 12.3 Å². The summed E-state index contributed by atoms with van der Waals surface area (Å²) < 4.78 is 112. The molecule has 0 atom stereocenters. The van der Waals surface area contributed by atoms with Crippen LogP contribution < -0.4 is 20.7 Å². The van der Waals surface area contributed by atoms with Crippen LogP contribution in [-0.4, -0.2) is 52.0 Å². The molecule has 2 fully saturated rings. The largest absolute Gasteiger partial charge is 0.471 e. The maximum absolute atomic E-state index is 13.9. The molecule has 1 aromatic carbocycles. The van der Waals surface area contributed by atoms with Gasteiger partial charge in [-0.05, 0) is 68.2 Å². The number of aromatic amines is 1. The molecule has 17 heteroatoms. The van der Waals surface area contributed by atoms with Crippen LogP contribution >= 0.6 is 0 Å². The van der Waals surface area contributed by atoms with Gasteiger partial charge in [0.15, 0.2) is 12.3 Å². The minimum absolute atomic E-state index is 0.0646. The molecule has 0 spiro atoms. The lowest BCUT2D eigenvalue weighted by Gasteiger charge is -2.27. The lowest BCUT2D eigenvalue weighted by molar-refractivity contribution is -0.192. The number of rotatable bonds is 10. The summed E-state index contributed by atoms with van der Waals surface area (Å²) >= 11 is 0. The molecule has 2 amide bonds. The highest BCUT2D eigenvalue weighted by Crippen LogP contribution is 2.57. The highest BCUT2D eigenvalue weighted by molar-refractivity contribution is 5.99. The van der Waals surface area contributed by atoms with Gasteiger partial charge in [0.05, 0.1) is 16.8 Å². The molecule has 2 heterocycles. The number of ether oxygens (including phenoxy) is 1. The van der Waals surface area contributed by atoms with Crippen LogP contribution in [0.1, 0.15) is 66.9 Å². The molecule has 2 aromatic heterocycles. The minimum Gasteiger partial charge on any atom is -0.471 e. The van der Waals surface area contributed by atoms with Gasteiger partial charge in [0, 0.05) is 12.6 Å². The maximum Gasteiger partial charge on any atom is 0.418 e. The third-order valence-corrected chi connectivity index (χ3v) is 8.20. The molecule has 0 saturated heterocycles. The standard InChI is InChI=1S/C29H30F8N6O3/c1-14-2-5-16(6-3-14)39-23(44)17-11-20-22(42-24(17)46-13-21(30)31)43-26(41-20)40-19-10-15(4-7-18(19)28(32,33)34)12-38-25(45)27(8-9-27)29(35,36)37/h4,7,10-11,14,16,21H,2-3,5-6,8-9,12-13H2,1H3,(H,38,45)(H,39,44)(H2,40,41,42,43). The van der Waals surface area contributed by atoms with E-state index in [-0.39, 0.29) is 47.1 Å². The summed E-state index contributed by atoms with van der Waals surface area (Å²) in [6.45, 7) is 0.551. The first-order valence-electron chi connectivity index (χ1n) is 14.5. The number of halogens is 8. The normalized spacial score (nSPS) is 19.6. The summed E-state index contributed by atoms with van der Waals surface area (Å²) in [6, 6.07) is 3.81. The Morgan fingerprint density at radius 3 is 2.35 bits per heavy atom. The molecule has 2 saturated carbocycles. The first-order chi connectivity index (χ1) is 21.6. The average molecular weight is 663 g/mol. The fraction of sp³-hybridized carbons (Fsp3) is 0.517. The number of fused-ring (bicyclic) bond motifs is 1. The topological polar surface area (TPSA) is 121 Å². The van der Waals surface area contributed by atoms with Crippen molar-refractivity contribution in [3.63, 3.8) is 0 Å². The Hall–Kier alpha value is -4.18. The quantitative estimate of drug-likeness (QED) is 0.181. The van der Waals surface area contributed by atoms with Crippen molar-refractivity contribution in [3.8, 4) is 5.88 Å². The molecular formula is C29H30F8N6O3. The van der Waals surface area contributed by atoms with E-state index in [0.717, 1.165) is 37.8 Å². The Balaban J connectivity index is 1.40. The van der Waals surface area contributed by atoms with Crippen molar-refractivity contribution in [1.82, 2.24) is 25.6 Å². The number of carbonyl (C=O) groups excluding carboxylic acids is 2. The van der Waals surface area contributed by atoms with Crippen molar-refractivity contribution in [1.29, 1.82) is 0 Å². The lowest BCUT2D eigenvalue weighted by Crippen LogP contribution is -2.40. The Kier molecular flexibility index (Phi) is 9.05. The first kappa shape index (κ1) is 33.2. The smallest absolute Gasteiger partial charge is 0.418 e. The Morgan fingerprint density at radius 2 is 1.74 bits per heavy atom. The Labute approximate surface area is 256 Å². The van der Waals surface area contributed by atoms with E-state index in [0.29, 0.717) is 12.0 Å². The van der Waals surface area contributed by atoms with E-state index in [1.807, 2.05) is 0 Å². The van der Waals surface area contributed by atoms with Crippen LogP contribution in [0.5, 0.6) is 5.88 Å². The molecule has 0 radical (unpaired) electrons. The van der Waals surface area contributed by atoms with Gasteiger partial charge in [-0.25, -0.2) is 8.78 Å². The number of benzene rings is 1. The number of alkyl halides is 8. The summed E-state index contributed by atoms with van der Waals surface area (Å²) in [5.41, 5.74) is -4.38. The van der Waals surface area contributed by atoms with Gasteiger partial charge in [-0.2, -0.15) is 36.3 Å². The summed E-state index contributed by atoms with van der Waals surface area (Å²) in [5, 5.41) is 7.47. The van der Waals surface area contributed by atoms with Crippen LogP contribution in [0.25, 0.3) is 11.2 Å². The highest BCUT2D eigenvalue weighted by atomic mass is 19.4. The van der Waals surface area contributed by atoms with Crippen molar-refractivity contribution in [3.05, 3.63) is 41.0 Å². The van der Waals surface area contributed by atoms with E-state index in [2.05, 4.69) is 37.8 Å². The molecule has 250 valence electrons. The second kappa shape index (κ2) is 12.5. The molecule has 3 aromatic rings. The molecule has 0 bridgehead atoms. The molecule has 0 unspecified atom stereocenters. The van der Waals surface area contributed by atoms with Gasteiger partial charge >= 0.3 is 12.4 Å². The molecule has 2 aliphatic carbocycles. The highest BCUT2D eigenvalue weighted by Gasteiger charge is 2.68. The zero-order valence-electron chi connectivity index (χ0n) is 24.3. The number of H-pyrrole nitrogens is 1. The van der Waals surface area contributed by atoms with Gasteiger partial charge in [-0.1, -0.05) is 13.0 Å². The second-order valence-electron chi connectivity index (χ2n) is 11.7. The molecular weight excluding hydrogens is 632 g/mol. The summed E-state index contributed by atoms with van der Waals surface area (Å²) in [5.74, 6) is -2.10. The maximum atomic E-state index is 13.9. The van der Waals surface area contributed by atoms with Crippen LogP contribution in [0.2, 0.25) is 0 Å². The van der Waals surface area contributed by atoms with Crippen LogP contribution in [0.3, 0.4) is 0 Å². The number of aromatic nitrogens is 3. The van der Waals surface area contributed by atoms with Gasteiger partial charge in [-0.15, -0.1) is 0 Å². The number of hydrogen-bond acceptors (Lipinski definition) is 6. The van der Waals surface area contributed by atoms with Crippen LogP contribution in [0.4, 0.5) is 46.8 Å². The van der Waals surface area contributed by atoms with E-state index in [1.165, 1.54) is 6.07 Å². The number of carbonyl (C=O) groups is 2. The van der Waals surface area contributed by atoms with Crippen molar-refractivity contribution in [2.45, 2.75) is 76.8 Å². The molecule has 5 rings (SSSR count). The first-order valence-corrected chi connectivity index (χ1v) is 14.5. The number of pyridine rings is 1. The van der Waals surface area contributed by atoms with Gasteiger partial charge in [0.2, 0.25) is 17.7 Å². The molecule has 0 aliphatic heterocycles. The molecule has 46 heavy (non-hydrogen) atoms. The van der Waals surface area contributed by atoms with E-state index in [4.69, 9.17) is 4.74 Å². The number of anilines is 2. The van der Waals surface area contributed by atoms with Crippen LogP contribution in [0.15, 0.2) is 24.3 Å². The Morgan fingerprint density at radius 1 is 1.04 bits per heavy atom. The monoisotopic (exact) mass is 662 g/mol. The SMILES string of the molecule is CC1CCC(NC(=O)c2cc3[nH]c(Nc4cc(CNC(=O)C5(C(F)(F)F)CC5)ccc4C(F)(F)F)nc3nc2OCC(F)F)CC1. The number of imidazole rings is 1. The van der Waals surface area contributed by atoms with E-state index >= 15 is 0 Å². The fourth-order valence-electron chi connectivity index (χ4n) is 5.36. The van der Waals surface area contributed by atoms with Crippen LogP contribution in [-0.2, 0) is 17.5 Å². The van der Waals surface area contributed by atoms with Crippen LogP contribution in [0, 0.1) is 11.3 Å². The average Bonchev–Trinajstić information content (AvgIpc) is 3.71. The van der Waals surface area contributed by atoms with E-state index in [9.17, 15) is 44.7 Å². The number of hydrogen-bond donors (Lipinski definition) is 4. The van der Waals surface area contributed by atoms with Crippen molar-refractivity contribution in [2.75, 3.05) is 11.9 Å². The second-order valence-corrected chi connectivity index (χ2v) is 11.7. The fourth-order valence-corrected chi connectivity index (χ4v) is 5.36. The minimum atomic E-state index is -4.86. The number of nitrogens with zero attached hydrogens (tertiary/aromatic N) is 2. The Bertz CT molecular complexity index is 1590. The summed E-state index contributed by atoms with van der Waals surface area (Å²) in [4.78, 5) is 36.2. The zero-order chi connectivity index (χ0) is 33.4. The van der Waals surface area contributed by atoms with Crippen molar-refractivity contribution >= 4 is 34.6 Å². The third kappa shape index (κ3) is 7.28. The predicted octanol–water partition coefficient (Wildman–Crippen LogP) is 6.63.